The Bertz CT molecular complexity index is 1480. The molecule has 4 aromatic rings. The van der Waals surface area contributed by atoms with E-state index in [1.54, 1.807) is 13.1 Å². The molecule has 1 fully saturated rings. The van der Waals surface area contributed by atoms with Crippen LogP contribution in [0.4, 0.5) is 5.69 Å². The van der Waals surface area contributed by atoms with Gasteiger partial charge in [0.25, 0.3) is 5.56 Å². The molecule has 0 amide bonds. The molecule has 0 saturated carbocycles. The van der Waals surface area contributed by atoms with Crippen LogP contribution < -0.4 is 16.1 Å². The highest BCUT2D eigenvalue weighted by Crippen LogP contribution is 2.30. The molecule has 1 aliphatic heterocycles. The van der Waals surface area contributed by atoms with Crippen LogP contribution in [0.25, 0.3) is 22.4 Å². The molecular weight excluding hydrogens is 452 g/mol. The average Bonchev–Trinajstić information content (AvgIpc) is 3.31. The van der Waals surface area contributed by atoms with Crippen molar-refractivity contribution in [3.8, 4) is 11.4 Å². The highest BCUT2D eigenvalue weighted by Gasteiger charge is 2.22. The molecule has 2 aromatic heterocycles. The zero-order chi connectivity index (χ0) is 25.4. The van der Waals surface area contributed by atoms with Crippen molar-refractivity contribution >= 4 is 16.7 Å². The number of nitrogens with zero attached hydrogens (tertiary/aromatic N) is 4. The van der Waals surface area contributed by atoms with E-state index in [0.717, 1.165) is 54.3 Å². The molecule has 188 valence electrons. The lowest BCUT2D eigenvalue weighted by molar-refractivity contribution is 0.248. The molecular formula is C28H34N6O2. The summed E-state index contributed by atoms with van der Waals surface area (Å²) < 4.78 is 1.25. The zero-order valence-electron chi connectivity index (χ0n) is 21.5. The second-order valence-corrected chi connectivity index (χ2v) is 10.5. The molecule has 0 unspecified atom stereocenters. The Labute approximate surface area is 210 Å². The predicted molar refractivity (Wildman–Crippen MR) is 145 cm³/mol. The first-order chi connectivity index (χ1) is 17.2. The number of fused-ring (bicyclic) bond motifs is 1. The molecule has 1 saturated heterocycles. The van der Waals surface area contributed by atoms with Gasteiger partial charge in [-0.2, -0.15) is 0 Å². The van der Waals surface area contributed by atoms with Gasteiger partial charge in [-0.3, -0.25) is 14.3 Å². The molecule has 0 aliphatic carbocycles. The van der Waals surface area contributed by atoms with Crippen LogP contribution in [0.15, 0.2) is 58.3 Å². The summed E-state index contributed by atoms with van der Waals surface area (Å²) in [5, 5.41) is 0. The Balaban J connectivity index is 1.32. The zero-order valence-corrected chi connectivity index (χ0v) is 21.5. The van der Waals surface area contributed by atoms with Gasteiger partial charge in [0.1, 0.15) is 11.3 Å². The second kappa shape index (κ2) is 9.43. The summed E-state index contributed by atoms with van der Waals surface area (Å²) in [5.41, 5.74) is 5.70. The lowest BCUT2D eigenvalue weighted by Gasteiger charge is -2.36. The lowest BCUT2D eigenvalue weighted by Crippen LogP contribution is -2.47. The van der Waals surface area contributed by atoms with Gasteiger partial charge < -0.3 is 14.9 Å². The van der Waals surface area contributed by atoms with E-state index in [1.165, 1.54) is 10.1 Å². The number of imidazole rings is 1. The quantitative estimate of drug-likeness (QED) is 0.449. The first kappa shape index (κ1) is 24.1. The third kappa shape index (κ3) is 4.60. The van der Waals surface area contributed by atoms with Crippen LogP contribution in [0.3, 0.4) is 0 Å². The van der Waals surface area contributed by atoms with Gasteiger partial charge in [-0.25, -0.2) is 9.78 Å². The Kier molecular flexibility index (Phi) is 6.30. The number of piperazine rings is 1. The van der Waals surface area contributed by atoms with Crippen LogP contribution in [0.5, 0.6) is 0 Å². The molecule has 2 aromatic carbocycles. The highest BCUT2D eigenvalue weighted by atomic mass is 16.2. The van der Waals surface area contributed by atoms with E-state index in [2.05, 4.69) is 83.0 Å². The third-order valence-corrected chi connectivity index (χ3v) is 7.07. The minimum absolute atomic E-state index is 0.117. The fourth-order valence-electron chi connectivity index (χ4n) is 4.88. The van der Waals surface area contributed by atoms with Crippen LogP contribution in [-0.2, 0) is 18.5 Å². The molecule has 0 bridgehead atoms. The lowest BCUT2D eigenvalue weighted by atomic mass is 9.87. The highest BCUT2D eigenvalue weighted by molar-refractivity contribution is 5.91. The van der Waals surface area contributed by atoms with E-state index in [9.17, 15) is 9.59 Å². The Morgan fingerprint density at radius 1 is 0.972 bits per heavy atom. The van der Waals surface area contributed by atoms with Gasteiger partial charge in [-0.15, -0.1) is 0 Å². The fourth-order valence-corrected chi connectivity index (χ4v) is 4.88. The Morgan fingerprint density at radius 3 is 2.36 bits per heavy atom. The minimum atomic E-state index is -0.354. The normalized spacial score (nSPS) is 15.1. The summed E-state index contributed by atoms with van der Waals surface area (Å²) in [4.78, 5) is 40.3. The van der Waals surface area contributed by atoms with Crippen LogP contribution in [-0.4, -0.2) is 50.6 Å². The van der Waals surface area contributed by atoms with Crippen molar-refractivity contribution in [2.75, 3.05) is 31.1 Å². The van der Waals surface area contributed by atoms with Crippen molar-refractivity contribution in [3.63, 3.8) is 0 Å². The number of H-pyrrole nitrogens is 2. The van der Waals surface area contributed by atoms with Crippen LogP contribution in [0.2, 0.25) is 0 Å². The van der Waals surface area contributed by atoms with Crippen molar-refractivity contribution in [3.05, 3.63) is 80.6 Å². The van der Waals surface area contributed by atoms with Crippen molar-refractivity contribution in [1.29, 1.82) is 0 Å². The number of anilines is 1. The van der Waals surface area contributed by atoms with Gasteiger partial charge in [-0.05, 0) is 30.0 Å². The first-order valence-corrected chi connectivity index (χ1v) is 12.6. The number of para-hydroxylation sites is 1. The predicted octanol–water partition coefficient (Wildman–Crippen LogP) is 3.72. The molecule has 0 radical (unpaired) electrons. The van der Waals surface area contributed by atoms with Crippen molar-refractivity contribution < 1.29 is 0 Å². The molecule has 1 aliphatic rings. The molecule has 8 nitrogen and oxygen atoms in total. The number of hydrogen-bond donors (Lipinski definition) is 2. The standard InChI is InChI=1S/C28H34N6O2/c1-5-34-26(35)20(17-29-27(34)36)18-32-13-15-33(16-14-32)23-8-6-7-22-24(23)31-25(30-22)19-9-11-21(12-10-19)28(2,3)4/h6-12,17H,5,13-16,18H2,1-4H3,(H,29,36)(H,30,31). The number of rotatable bonds is 5. The number of hydrogen-bond acceptors (Lipinski definition) is 5. The molecule has 36 heavy (non-hydrogen) atoms. The second-order valence-electron chi connectivity index (χ2n) is 10.5. The van der Waals surface area contributed by atoms with E-state index in [-0.39, 0.29) is 16.7 Å². The molecule has 0 spiro atoms. The molecule has 2 N–H and O–H groups in total. The summed E-state index contributed by atoms with van der Waals surface area (Å²) in [6.07, 6.45) is 1.56. The van der Waals surface area contributed by atoms with E-state index < -0.39 is 0 Å². The van der Waals surface area contributed by atoms with Gasteiger partial charge in [0, 0.05) is 56.6 Å². The van der Waals surface area contributed by atoms with Crippen molar-refractivity contribution in [1.82, 2.24) is 24.4 Å². The van der Waals surface area contributed by atoms with Crippen molar-refractivity contribution in [2.45, 2.75) is 46.2 Å². The summed E-state index contributed by atoms with van der Waals surface area (Å²) >= 11 is 0. The largest absolute Gasteiger partial charge is 0.367 e. The van der Waals surface area contributed by atoms with Crippen molar-refractivity contribution in [2.24, 2.45) is 0 Å². The van der Waals surface area contributed by atoms with Gasteiger partial charge in [0.15, 0.2) is 0 Å². The molecule has 8 heteroatoms. The van der Waals surface area contributed by atoms with Crippen LogP contribution in [0.1, 0.15) is 38.8 Å². The summed E-state index contributed by atoms with van der Waals surface area (Å²) in [5.74, 6) is 0.877. The van der Waals surface area contributed by atoms with Gasteiger partial charge in [-0.1, -0.05) is 51.1 Å². The number of aromatic nitrogens is 4. The maximum Gasteiger partial charge on any atom is 0.328 e. The Hall–Kier alpha value is -3.65. The van der Waals surface area contributed by atoms with Gasteiger partial charge in [0.2, 0.25) is 0 Å². The first-order valence-electron chi connectivity index (χ1n) is 12.6. The monoisotopic (exact) mass is 486 g/mol. The van der Waals surface area contributed by atoms with E-state index in [0.29, 0.717) is 18.7 Å². The van der Waals surface area contributed by atoms with E-state index in [4.69, 9.17) is 4.98 Å². The summed E-state index contributed by atoms with van der Waals surface area (Å²) in [7, 11) is 0. The smallest absolute Gasteiger partial charge is 0.328 e. The average molecular weight is 487 g/mol. The number of aromatic amines is 2. The van der Waals surface area contributed by atoms with Gasteiger partial charge >= 0.3 is 5.69 Å². The summed E-state index contributed by atoms with van der Waals surface area (Å²) in [6.45, 7) is 12.7. The maximum atomic E-state index is 12.6. The summed E-state index contributed by atoms with van der Waals surface area (Å²) in [6, 6.07) is 14.9. The number of benzene rings is 2. The van der Waals surface area contributed by atoms with E-state index >= 15 is 0 Å². The molecule has 0 atom stereocenters. The van der Waals surface area contributed by atoms with Crippen LogP contribution >= 0.6 is 0 Å². The molecule has 5 rings (SSSR count). The van der Waals surface area contributed by atoms with Crippen LogP contribution in [0, 0.1) is 0 Å². The fraction of sp³-hybridized carbons (Fsp3) is 0.393. The van der Waals surface area contributed by atoms with E-state index in [1.807, 2.05) is 0 Å². The number of nitrogens with one attached hydrogen (secondary N) is 2. The minimum Gasteiger partial charge on any atom is -0.367 e. The maximum absolute atomic E-state index is 12.6. The third-order valence-electron chi connectivity index (χ3n) is 7.07. The Morgan fingerprint density at radius 2 is 1.69 bits per heavy atom. The SMILES string of the molecule is CCn1c(=O)[nH]cc(CN2CCN(c3cccc4[nH]c(-c5ccc(C(C)(C)C)cc5)nc34)CC2)c1=O. The molecule has 3 heterocycles. The topological polar surface area (TPSA) is 90.0 Å². The van der Waals surface area contributed by atoms with Gasteiger partial charge in [0.05, 0.1) is 11.2 Å².